The largest absolute Gasteiger partial charge is 0.450 e. The molecule has 0 amide bonds. The van der Waals surface area contributed by atoms with E-state index in [2.05, 4.69) is 0 Å². The van der Waals surface area contributed by atoms with Crippen molar-refractivity contribution >= 4 is 17.5 Å². The number of carbonyl (C=O) groups is 3. The van der Waals surface area contributed by atoms with Gasteiger partial charge < -0.3 is 9.84 Å². The third-order valence-electron chi connectivity index (χ3n) is 12.2. The van der Waals surface area contributed by atoms with Gasteiger partial charge in [0.05, 0.1) is 12.0 Å². The van der Waals surface area contributed by atoms with Crippen molar-refractivity contribution in [3.05, 3.63) is 23.8 Å². The van der Waals surface area contributed by atoms with Gasteiger partial charge in [0.15, 0.2) is 22.8 Å². The molecule has 4 saturated carbocycles. The lowest BCUT2D eigenvalue weighted by atomic mass is 9.44. The van der Waals surface area contributed by atoms with Crippen LogP contribution >= 0.6 is 0 Å². The Labute approximate surface area is 218 Å². The minimum Gasteiger partial charge on any atom is -0.450 e. The van der Waals surface area contributed by atoms with Gasteiger partial charge in [-0.25, -0.2) is 8.78 Å². The molecule has 5 nitrogen and oxygen atoms in total. The zero-order valence-corrected chi connectivity index (χ0v) is 23.2. The van der Waals surface area contributed by atoms with Crippen LogP contribution in [0.15, 0.2) is 23.8 Å². The van der Waals surface area contributed by atoms with E-state index >= 15 is 8.78 Å². The molecule has 0 aromatic carbocycles. The van der Waals surface area contributed by atoms with Crippen molar-refractivity contribution in [1.29, 1.82) is 0 Å². The maximum Gasteiger partial charge on any atom is 0.311 e. The number of hydrogen-bond donors (Lipinski definition) is 1. The Morgan fingerprint density at radius 2 is 1.65 bits per heavy atom. The fourth-order valence-electron chi connectivity index (χ4n) is 9.57. The van der Waals surface area contributed by atoms with Crippen LogP contribution in [0.5, 0.6) is 0 Å². The van der Waals surface area contributed by atoms with Gasteiger partial charge in [0.1, 0.15) is 6.17 Å². The Morgan fingerprint density at radius 3 is 2.19 bits per heavy atom. The first kappa shape index (κ1) is 26.7. The number of esters is 1. The number of aliphatic hydroxyl groups is 1. The molecule has 0 bridgehead atoms. The third-order valence-corrected chi connectivity index (χ3v) is 12.2. The Kier molecular flexibility index (Phi) is 5.34. The maximum absolute atomic E-state index is 17.4. The lowest BCUT2D eigenvalue weighted by Gasteiger charge is -2.63. The quantitative estimate of drug-likeness (QED) is 0.526. The minimum absolute atomic E-state index is 0.0647. The molecule has 0 aromatic rings. The van der Waals surface area contributed by atoms with Gasteiger partial charge in [-0.3, -0.25) is 14.4 Å². The number of aliphatic hydroxyl groups excluding tert-OH is 1. The number of carbonyl (C=O) groups excluding carboxylic acids is 3. The summed E-state index contributed by atoms with van der Waals surface area (Å²) in [4.78, 5) is 39.1. The highest BCUT2D eigenvalue weighted by Crippen LogP contribution is 2.73. The standard InChI is InChI=1S/C30H40F2O5/c1-15-11-18-19-13-21(31)20-12-17(34)9-10-27(20,7)29(19,32)22(35)14-28(18,8)30(15,16(2)33)37-24(36)23-25(3,4)26(23,5)6/h9-10,12,15,18-19,21-23,35H,11,13-14H2,1-8H3/t15?,18-,19-,21?,22?,27-,28-,29-,30-/m0/s1. The van der Waals surface area contributed by atoms with Gasteiger partial charge in [-0.2, -0.15) is 0 Å². The Balaban J connectivity index is 1.59. The third kappa shape index (κ3) is 2.85. The van der Waals surface area contributed by atoms with E-state index in [0.717, 1.165) is 0 Å². The van der Waals surface area contributed by atoms with Crippen LogP contribution in [0.3, 0.4) is 0 Å². The van der Waals surface area contributed by atoms with Crippen LogP contribution in [0.25, 0.3) is 0 Å². The summed E-state index contributed by atoms with van der Waals surface area (Å²) in [6, 6.07) is 0. The highest BCUT2D eigenvalue weighted by Gasteiger charge is 2.78. The molecule has 0 heterocycles. The average molecular weight is 519 g/mol. The first-order valence-electron chi connectivity index (χ1n) is 13.5. The second kappa shape index (κ2) is 7.40. The molecule has 37 heavy (non-hydrogen) atoms. The molecule has 5 rings (SSSR count). The minimum atomic E-state index is -2.24. The van der Waals surface area contributed by atoms with E-state index < -0.39 is 63.9 Å². The van der Waals surface area contributed by atoms with Crippen molar-refractivity contribution in [3.8, 4) is 0 Å². The monoisotopic (exact) mass is 518 g/mol. The van der Waals surface area contributed by atoms with Crippen molar-refractivity contribution in [2.24, 2.45) is 45.3 Å². The predicted molar refractivity (Wildman–Crippen MR) is 134 cm³/mol. The van der Waals surface area contributed by atoms with Gasteiger partial charge in [0.2, 0.25) is 0 Å². The number of ether oxygens (including phenoxy) is 1. The van der Waals surface area contributed by atoms with Gasteiger partial charge in [-0.15, -0.1) is 0 Å². The van der Waals surface area contributed by atoms with Gasteiger partial charge in [0.25, 0.3) is 0 Å². The number of Topliss-reactive ketones (excluding diaryl/α,β-unsaturated/α-hetero) is 1. The molecule has 5 aliphatic rings. The molecule has 7 heteroatoms. The maximum atomic E-state index is 17.4. The zero-order chi connectivity index (χ0) is 27.7. The summed E-state index contributed by atoms with van der Waals surface area (Å²) < 4.78 is 39.4. The summed E-state index contributed by atoms with van der Waals surface area (Å²) in [6.07, 6.45) is 0.778. The fourth-order valence-corrected chi connectivity index (χ4v) is 9.57. The molecule has 0 saturated heterocycles. The van der Waals surface area contributed by atoms with E-state index in [1.807, 2.05) is 41.5 Å². The molecule has 0 spiro atoms. The summed E-state index contributed by atoms with van der Waals surface area (Å²) in [5.41, 5.74) is -6.88. The van der Waals surface area contributed by atoms with Crippen LogP contribution in [0.2, 0.25) is 0 Å². The van der Waals surface area contributed by atoms with Crippen molar-refractivity contribution in [2.45, 2.75) is 98.2 Å². The van der Waals surface area contributed by atoms with Crippen LogP contribution in [-0.4, -0.2) is 46.2 Å². The van der Waals surface area contributed by atoms with Crippen molar-refractivity contribution in [2.75, 3.05) is 0 Å². The highest BCUT2D eigenvalue weighted by molar-refractivity contribution is 6.01. The van der Waals surface area contributed by atoms with E-state index in [9.17, 15) is 19.5 Å². The van der Waals surface area contributed by atoms with Gasteiger partial charge in [-0.05, 0) is 67.6 Å². The molecule has 204 valence electrons. The summed E-state index contributed by atoms with van der Waals surface area (Å²) in [7, 11) is 0. The van der Waals surface area contributed by atoms with Crippen molar-refractivity contribution in [1.82, 2.24) is 0 Å². The van der Waals surface area contributed by atoms with Crippen LogP contribution in [0.4, 0.5) is 8.78 Å². The smallest absolute Gasteiger partial charge is 0.311 e. The Morgan fingerprint density at radius 1 is 1.05 bits per heavy atom. The molecule has 9 atom stereocenters. The van der Waals surface area contributed by atoms with Crippen LogP contribution in [0, 0.1) is 45.3 Å². The molecular formula is C30H40F2O5. The van der Waals surface area contributed by atoms with E-state index in [4.69, 9.17) is 4.74 Å². The molecule has 1 N–H and O–H groups in total. The van der Waals surface area contributed by atoms with Crippen LogP contribution in [0.1, 0.15) is 74.7 Å². The molecule has 4 fully saturated rings. The summed E-state index contributed by atoms with van der Waals surface area (Å²) in [5.74, 6) is -3.41. The second-order valence-electron chi connectivity index (χ2n) is 14.1. The topological polar surface area (TPSA) is 80.7 Å². The number of ketones is 2. The van der Waals surface area contributed by atoms with Crippen molar-refractivity contribution < 1.29 is 33.0 Å². The number of allylic oxidation sites excluding steroid dienone is 4. The molecule has 0 aromatic heterocycles. The molecule has 0 aliphatic heterocycles. The van der Waals surface area contributed by atoms with E-state index in [0.29, 0.717) is 6.42 Å². The summed E-state index contributed by atoms with van der Waals surface area (Å²) in [5, 5.41) is 11.6. The lowest BCUT2D eigenvalue weighted by molar-refractivity contribution is -0.231. The average Bonchev–Trinajstić information content (AvgIpc) is 3.08. The molecule has 0 radical (unpaired) electrons. The SMILES string of the molecule is CC(=O)[C@@]1(OC(=O)C2C(C)(C)C2(C)C)C(C)C[C@H]2[C@@H]3CC(F)C4=CC(=O)C=C[C@]4(C)[C@@]3(F)C(O)C[C@@]21C. The highest BCUT2D eigenvalue weighted by atomic mass is 19.1. The Bertz CT molecular complexity index is 1140. The second-order valence-corrected chi connectivity index (χ2v) is 14.1. The van der Waals surface area contributed by atoms with E-state index in [1.54, 1.807) is 6.92 Å². The number of alkyl halides is 2. The van der Waals surface area contributed by atoms with Gasteiger partial charge in [-0.1, -0.05) is 47.6 Å². The lowest BCUT2D eigenvalue weighted by Crippen LogP contribution is -2.70. The normalized spacial score (nSPS) is 49.4. The Hall–Kier alpha value is -1.89. The number of hydrogen-bond acceptors (Lipinski definition) is 5. The van der Waals surface area contributed by atoms with E-state index in [-0.39, 0.29) is 40.9 Å². The fraction of sp³-hybridized carbons (Fsp3) is 0.767. The van der Waals surface area contributed by atoms with Crippen molar-refractivity contribution in [3.63, 3.8) is 0 Å². The molecule has 5 aliphatic carbocycles. The number of fused-ring (bicyclic) bond motifs is 5. The number of halogens is 2. The number of rotatable bonds is 3. The summed E-state index contributed by atoms with van der Waals surface area (Å²) in [6.45, 7) is 14.6. The van der Waals surface area contributed by atoms with E-state index in [1.165, 1.54) is 25.2 Å². The van der Waals surface area contributed by atoms with Gasteiger partial charge in [0, 0.05) is 22.7 Å². The molecular weight excluding hydrogens is 478 g/mol. The zero-order valence-electron chi connectivity index (χ0n) is 23.2. The first-order valence-corrected chi connectivity index (χ1v) is 13.5. The summed E-state index contributed by atoms with van der Waals surface area (Å²) >= 11 is 0. The van der Waals surface area contributed by atoms with Crippen LogP contribution < -0.4 is 0 Å². The predicted octanol–water partition coefficient (Wildman–Crippen LogP) is 5.10. The van der Waals surface area contributed by atoms with Crippen LogP contribution in [-0.2, 0) is 19.1 Å². The van der Waals surface area contributed by atoms with Gasteiger partial charge >= 0.3 is 5.97 Å². The molecule has 3 unspecified atom stereocenters. The first-order chi connectivity index (χ1) is 16.8.